The third kappa shape index (κ3) is 3.26. The molecule has 20 heavy (non-hydrogen) atoms. The highest BCUT2D eigenvalue weighted by molar-refractivity contribution is 9.10. The van der Waals surface area contributed by atoms with E-state index in [1.807, 2.05) is 0 Å². The Hall–Kier alpha value is -1.66. The van der Waals surface area contributed by atoms with Gasteiger partial charge in [-0.15, -0.1) is 0 Å². The van der Waals surface area contributed by atoms with Crippen LogP contribution in [0.25, 0.3) is 0 Å². The van der Waals surface area contributed by atoms with Crippen LogP contribution in [-0.4, -0.2) is 16.1 Å². The third-order valence-electron chi connectivity index (χ3n) is 2.37. The van der Waals surface area contributed by atoms with E-state index in [0.717, 1.165) is 6.07 Å². The van der Waals surface area contributed by atoms with E-state index in [-0.39, 0.29) is 22.2 Å². The first-order valence-electron chi connectivity index (χ1n) is 5.41. The molecule has 0 aliphatic carbocycles. The molecule has 1 heterocycles. The van der Waals surface area contributed by atoms with Crippen molar-refractivity contribution in [1.29, 1.82) is 0 Å². The predicted octanol–water partition coefficient (Wildman–Crippen LogP) is 4.44. The highest BCUT2D eigenvalue weighted by Crippen LogP contribution is 2.33. The smallest absolute Gasteiger partial charge is 0.335 e. The van der Waals surface area contributed by atoms with Crippen molar-refractivity contribution in [2.45, 2.75) is 6.92 Å². The first-order chi connectivity index (χ1) is 9.36. The summed E-state index contributed by atoms with van der Waals surface area (Å²) >= 11 is 8.81. The van der Waals surface area contributed by atoms with Crippen LogP contribution in [0.4, 0.5) is 4.39 Å². The lowest BCUT2D eigenvalue weighted by Crippen LogP contribution is -2.00. The molecule has 0 radical (unpaired) electrons. The molecule has 0 aliphatic heterocycles. The van der Waals surface area contributed by atoms with E-state index in [1.165, 1.54) is 18.2 Å². The van der Waals surface area contributed by atoms with Crippen molar-refractivity contribution in [3.8, 4) is 11.6 Å². The van der Waals surface area contributed by atoms with Crippen LogP contribution in [0, 0.1) is 12.7 Å². The van der Waals surface area contributed by atoms with Gasteiger partial charge in [-0.3, -0.25) is 0 Å². The van der Waals surface area contributed by atoms with Crippen molar-refractivity contribution in [2.24, 2.45) is 0 Å². The maximum atomic E-state index is 13.4. The van der Waals surface area contributed by atoms with Gasteiger partial charge in [0.25, 0.3) is 0 Å². The molecule has 0 atom stereocenters. The number of rotatable bonds is 3. The Labute approximate surface area is 127 Å². The van der Waals surface area contributed by atoms with Crippen LogP contribution in [0.2, 0.25) is 5.02 Å². The zero-order valence-electron chi connectivity index (χ0n) is 10.2. The fourth-order valence-corrected chi connectivity index (χ4v) is 2.23. The van der Waals surface area contributed by atoms with E-state index in [9.17, 15) is 9.18 Å². The fourth-order valence-electron chi connectivity index (χ4n) is 1.51. The molecule has 0 aliphatic rings. The fraction of sp³-hybridized carbons (Fsp3) is 0.0769. The van der Waals surface area contributed by atoms with Crippen molar-refractivity contribution in [2.75, 3.05) is 0 Å². The van der Waals surface area contributed by atoms with Crippen molar-refractivity contribution in [3.63, 3.8) is 0 Å². The van der Waals surface area contributed by atoms with Gasteiger partial charge in [0.2, 0.25) is 5.88 Å². The highest BCUT2D eigenvalue weighted by atomic mass is 79.9. The molecule has 0 unspecified atom stereocenters. The van der Waals surface area contributed by atoms with Crippen LogP contribution in [0.1, 0.15) is 16.1 Å². The second kappa shape index (κ2) is 5.76. The summed E-state index contributed by atoms with van der Waals surface area (Å²) in [6, 6.07) is 5.11. The van der Waals surface area contributed by atoms with Gasteiger partial charge >= 0.3 is 5.97 Å². The van der Waals surface area contributed by atoms with E-state index in [0.29, 0.717) is 10.2 Å². The molecule has 2 aromatic rings. The van der Waals surface area contributed by atoms with Gasteiger partial charge in [0.05, 0.1) is 15.1 Å². The number of halogens is 3. The minimum atomic E-state index is -1.10. The zero-order chi connectivity index (χ0) is 14.9. The number of ether oxygens (including phenoxy) is 1. The van der Waals surface area contributed by atoms with Gasteiger partial charge in [0.15, 0.2) is 0 Å². The van der Waals surface area contributed by atoms with E-state index < -0.39 is 11.8 Å². The maximum absolute atomic E-state index is 13.4. The van der Waals surface area contributed by atoms with Crippen LogP contribution in [-0.2, 0) is 0 Å². The van der Waals surface area contributed by atoms with Gasteiger partial charge < -0.3 is 9.84 Å². The Kier molecular flexibility index (Phi) is 4.25. The Morgan fingerprint density at radius 1 is 1.40 bits per heavy atom. The number of hydrogen-bond donors (Lipinski definition) is 1. The number of carboxylic acids is 1. The number of carbonyl (C=O) groups is 1. The van der Waals surface area contributed by atoms with Gasteiger partial charge in [0, 0.05) is 17.8 Å². The molecule has 7 heteroatoms. The van der Waals surface area contributed by atoms with Crippen LogP contribution in [0.3, 0.4) is 0 Å². The second-order valence-corrected chi connectivity index (χ2v) is 5.20. The highest BCUT2D eigenvalue weighted by Gasteiger charge is 2.12. The number of aromatic nitrogens is 1. The predicted molar refractivity (Wildman–Crippen MR) is 75.1 cm³/mol. The molecule has 0 bridgehead atoms. The van der Waals surface area contributed by atoms with Gasteiger partial charge in [-0.05, 0) is 35.0 Å². The summed E-state index contributed by atoms with van der Waals surface area (Å²) in [4.78, 5) is 15.0. The van der Waals surface area contributed by atoms with Crippen molar-refractivity contribution in [3.05, 3.63) is 50.8 Å². The van der Waals surface area contributed by atoms with Crippen LogP contribution in [0.15, 0.2) is 28.7 Å². The van der Waals surface area contributed by atoms with E-state index >= 15 is 0 Å². The molecule has 1 aromatic carbocycles. The lowest BCUT2D eigenvalue weighted by Gasteiger charge is -2.09. The number of benzene rings is 1. The molecule has 0 saturated carbocycles. The minimum Gasteiger partial charge on any atom is -0.478 e. The van der Waals surface area contributed by atoms with Gasteiger partial charge in [-0.1, -0.05) is 11.6 Å². The molecule has 0 saturated heterocycles. The first-order valence-corrected chi connectivity index (χ1v) is 6.58. The van der Waals surface area contributed by atoms with E-state index in [1.54, 1.807) is 6.92 Å². The monoisotopic (exact) mass is 359 g/mol. The Bertz CT molecular complexity index is 694. The summed E-state index contributed by atoms with van der Waals surface area (Å²) in [5.41, 5.74) is 0.517. The summed E-state index contributed by atoms with van der Waals surface area (Å²) in [7, 11) is 0. The molecule has 1 N–H and O–H groups in total. The van der Waals surface area contributed by atoms with Crippen molar-refractivity contribution >= 4 is 33.5 Å². The number of aromatic carboxylic acids is 1. The number of aryl methyl sites for hydroxylation is 1. The van der Waals surface area contributed by atoms with Crippen molar-refractivity contribution in [1.82, 2.24) is 4.98 Å². The second-order valence-electron chi connectivity index (χ2n) is 3.94. The molecule has 2 rings (SSSR count). The van der Waals surface area contributed by atoms with Crippen LogP contribution >= 0.6 is 27.5 Å². The molecular weight excluding hydrogens is 353 g/mol. The molecule has 4 nitrogen and oxygen atoms in total. The number of nitrogens with zero attached hydrogens (tertiary/aromatic N) is 1. The SMILES string of the molecule is Cc1cc(C(=O)O)cc(Oc2cc(F)c(Cl)cc2Br)n1. The molecular formula is C13H8BrClFNO3. The first kappa shape index (κ1) is 14.7. The van der Waals surface area contributed by atoms with E-state index in [4.69, 9.17) is 21.4 Å². The normalized spacial score (nSPS) is 10.4. The topological polar surface area (TPSA) is 59.4 Å². The summed E-state index contributed by atoms with van der Waals surface area (Å²) in [6.45, 7) is 1.64. The largest absolute Gasteiger partial charge is 0.478 e. The number of pyridine rings is 1. The van der Waals surface area contributed by atoms with E-state index in [2.05, 4.69) is 20.9 Å². The molecule has 0 amide bonds. The minimum absolute atomic E-state index is 0.0399. The Morgan fingerprint density at radius 3 is 2.75 bits per heavy atom. The average molecular weight is 361 g/mol. The molecule has 104 valence electrons. The molecule has 0 fully saturated rings. The summed E-state index contributed by atoms with van der Waals surface area (Å²) in [5.74, 6) is -1.52. The summed E-state index contributed by atoms with van der Waals surface area (Å²) < 4.78 is 19.2. The quantitative estimate of drug-likeness (QED) is 0.822. The van der Waals surface area contributed by atoms with Gasteiger partial charge in [0.1, 0.15) is 11.6 Å². The Balaban J connectivity index is 2.40. The molecule has 1 aromatic heterocycles. The Morgan fingerprint density at radius 2 is 2.10 bits per heavy atom. The number of carboxylic acid groups (broad SMARTS) is 1. The van der Waals surface area contributed by atoms with Crippen LogP contribution in [0.5, 0.6) is 11.6 Å². The zero-order valence-corrected chi connectivity index (χ0v) is 12.5. The maximum Gasteiger partial charge on any atom is 0.335 e. The number of hydrogen-bond acceptors (Lipinski definition) is 3. The van der Waals surface area contributed by atoms with Crippen molar-refractivity contribution < 1.29 is 19.0 Å². The summed E-state index contributed by atoms with van der Waals surface area (Å²) in [6.07, 6.45) is 0. The average Bonchev–Trinajstić information content (AvgIpc) is 2.35. The van der Waals surface area contributed by atoms with Gasteiger partial charge in [-0.2, -0.15) is 0 Å². The standard InChI is InChI=1S/C13H8BrClFNO3/c1-6-2-7(13(18)19)3-12(17-6)20-11-5-10(16)9(15)4-8(11)14/h2-5H,1H3,(H,18,19). The van der Waals surface area contributed by atoms with Crippen LogP contribution < -0.4 is 4.74 Å². The van der Waals surface area contributed by atoms with Gasteiger partial charge in [-0.25, -0.2) is 14.2 Å². The third-order valence-corrected chi connectivity index (χ3v) is 3.28. The summed E-state index contributed by atoms with van der Waals surface area (Å²) in [5, 5.41) is 8.92. The molecule has 0 spiro atoms. The lowest BCUT2D eigenvalue weighted by atomic mass is 10.2. The lowest BCUT2D eigenvalue weighted by molar-refractivity contribution is 0.0696.